The molecule has 2 heterocycles. The van der Waals surface area contributed by atoms with E-state index in [1.807, 2.05) is 54.6 Å². The van der Waals surface area contributed by atoms with Crippen molar-refractivity contribution >= 4 is 11.6 Å². The van der Waals surface area contributed by atoms with Crippen LogP contribution in [0.2, 0.25) is 0 Å². The highest BCUT2D eigenvalue weighted by molar-refractivity contribution is 5.77. The summed E-state index contributed by atoms with van der Waals surface area (Å²) >= 11 is 0. The molecule has 0 saturated carbocycles. The molecule has 0 aliphatic heterocycles. The summed E-state index contributed by atoms with van der Waals surface area (Å²) < 4.78 is 12.3. The van der Waals surface area contributed by atoms with E-state index in [0.29, 0.717) is 17.2 Å². The Morgan fingerprint density at radius 3 is 2.52 bits per heavy atom. The van der Waals surface area contributed by atoms with Crippen LogP contribution >= 0.6 is 0 Å². The van der Waals surface area contributed by atoms with E-state index >= 15 is 0 Å². The van der Waals surface area contributed by atoms with Crippen LogP contribution in [0, 0.1) is 0 Å². The van der Waals surface area contributed by atoms with Gasteiger partial charge in [-0.3, -0.25) is 4.79 Å². The maximum atomic E-state index is 12.1. The van der Waals surface area contributed by atoms with Gasteiger partial charge < -0.3 is 14.8 Å². The van der Waals surface area contributed by atoms with Gasteiger partial charge in [-0.15, -0.1) is 10.2 Å². The van der Waals surface area contributed by atoms with E-state index in [9.17, 15) is 4.79 Å². The van der Waals surface area contributed by atoms with Crippen molar-refractivity contribution in [1.29, 1.82) is 0 Å². The van der Waals surface area contributed by atoms with Gasteiger partial charge in [0.1, 0.15) is 11.5 Å². The Bertz CT molecular complexity index is 1110. The van der Waals surface area contributed by atoms with Crippen molar-refractivity contribution in [2.75, 3.05) is 13.7 Å². The van der Waals surface area contributed by atoms with Crippen molar-refractivity contribution in [3.63, 3.8) is 0 Å². The SMILES string of the molecule is COc1ccc(-c2ccc3nnc(CNC(=O)COc4ccccc4)n3n2)cc1. The van der Waals surface area contributed by atoms with E-state index in [2.05, 4.69) is 20.6 Å². The summed E-state index contributed by atoms with van der Waals surface area (Å²) in [5.74, 6) is 1.70. The predicted octanol–water partition coefficient (Wildman–Crippen LogP) is 2.50. The number of para-hydroxylation sites is 1. The fraction of sp³-hybridized carbons (Fsp3) is 0.143. The van der Waals surface area contributed by atoms with Gasteiger partial charge in [-0.05, 0) is 48.5 Å². The number of rotatable bonds is 7. The zero-order valence-corrected chi connectivity index (χ0v) is 15.8. The lowest BCUT2D eigenvalue weighted by atomic mass is 10.1. The van der Waals surface area contributed by atoms with Gasteiger partial charge in [0.2, 0.25) is 0 Å². The van der Waals surface area contributed by atoms with Crippen LogP contribution in [0.5, 0.6) is 11.5 Å². The second-order valence-electron chi connectivity index (χ2n) is 6.21. The number of fused-ring (bicyclic) bond motifs is 1. The molecule has 1 N–H and O–H groups in total. The lowest BCUT2D eigenvalue weighted by Gasteiger charge is -2.07. The van der Waals surface area contributed by atoms with Crippen molar-refractivity contribution in [2.45, 2.75) is 6.54 Å². The van der Waals surface area contributed by atoms with Crippen LogP contribution in [0.3, 0.4) is 0 Å². The lowest BCUT2D eigenvalue weighted by molar-refractivity contribution is -0.123. The molecule has 2 aromatic carbocycles. The van der Waals surface area contributed by atoms with Crippen LogP contribution in [0.1, 0.15) is 5.82 Å². The average molecular weight is 389 g/mol. The number of benzene rings is 2. The molecule has 4 rings (SSSR count). The van der Waals surface area contributed by atoms with Crippen LogP contribution in [-0.4, -0.2) is 39.4 Å². The summed E-state index contributed by atoms with van der Waals surface area (Å²) in [4.78, 5) is 12.1. The summed E-state index contributed by atoms with van der Waals surface area (Å²) in [5.41, 5.74) is 2.31. The Labute approximate surface area is 167 Å². The molecule has 4 aromatic rings. The fourth-order valence-electron chi connectivity index (χ4n) is 2.75. The Morgan fingerprint density at radius 1 is 0.966 bits per heavy atom. The summed E-state index contributed by atoms with van der Waals surface area (Å²) in [7, 11) is 1.63. The Morgan fingerprint density at radius 2 is 1.76 bits per heavy atom. The largest absolute Gasteiger partial charge is 0.497 e. The number of ether oxygens (including phenoxy) is 2. The standard InChI is InChI=1S/C21H19N5O3/c1-28-16-9-7-15(8-10-16)18-11-12-19-23-24-20(26(19)25-18)13-22-21(27)14-29-17-5-3-2-4-6-17/h2-12H,13-14H2,1H3,(H,22,27). The Balaban J connectivity index is 1.44. The molecule has 0 aliphatic carbocycles. The van der Waals surface area contributed by atoms with Gasteiger partial charge in [0, 0.05) is 5.56 Å². The van der Waals surface area contributed by atoms with Gasteiger partial charge in [-0.2, -0.15) is 9.61 Å². The topological polar surface area (TPSA) is 90.6 Å². The van der Waals surface area contributed by atoms with E-state index in [-0.39, 0.29) is 19.1 Å². The number of hydrogen-bond donors (Lipinski definition) is 1. The second kappa shape index (κ2) is 8.39. The first-order valence-corrected chi connectivity index (χ1v) is 9.03. The van der Waals surface area contributed by atoms with Gasteiger partial charge >= 0.3 is 0 Å². The first kappa shape index (κ1) is 18.4. The number of nitrogens with zero attached hydrogens (tertiary/aromatic N) is 4. The lowest BCUT2D eigenvalue weighted by Crippen LogP contribution is -2.29. The van der Waals surface area contributed by atoms with Crippen molar-refractivity contribution in [3.8, 4) is 22.8 Å². The maximum absolute atomic E-state index is 12.1. The van der Waals surface area contributed by atoms with E-state index < -0.39 is 0 Å². The van der Waals surface area contributed by atoms with Crippen LogP contribution in [0.4, 0.5) is 0 Å². The number of aromatic nitrogens is 4. The van der Waals surface area contributed by atoms with Gasteiger partial charge in [-0.25, -0.2) is 0 Å². The third-order valence-electron chi connectivity index (χ3n) is 4.27. The maximum Gasteiger partial charge on any atom is 0.258 e. The summed E-state index contributed by atoms with van der Waals surface area (Å²) in [6, 6.07) is 20.5. The highest BCUT2D eigenvalue weighted by atomic mass is 16.5. The van der Waals surface area contributed by atoms with Crippen LogP contribution < -0.4 is 14.8 Å². The van der Waals surface area contributed by atoms with Crippen LogP contribution in [0.25, 0.3) is 16.9 Å². The number of carbonyl (C=O) groups excluding carboxylic acids is 1. The minimum absolute atomic E-state index is 0.0781. The third kappa shape index (κ3) is 4.32. The van der Waals surface area contributed by atoms with Crippen LogP contribution in [0.15, 0.2) is 66.7 Å². The number of methoxy groups -OCH3 is 1. The molecule has 0 saturated heterocycles. The Kier molecular flexibility index (Phi) is 5.33. The molecule has 29 heavy (non-hydrogen) atoms. The average Bonchev–Trinajstić information content (AvgIpc) is 3.19. The first-order chi connectivity index (χ1) is 14.2. The normalized spacial score (nSPS) is 10.7. The monoisotopic (exact) mass is 389 g/mol. The van der Waals surface area contributed by atoms with Crippen LogP contribution in [-0.2, 0) is 11.3 Å². The molecule has 0 aliphatic rings. The molecule has 0 spiro atoms. The second-order valence-corrected chi connectivity index (χ2v) is 6.21. The molecular weight excluding hydrogens is 370 g/mol. The van der Waals surface area contributed by atoms with Gasteiger partial charge in [-0.1, -0.05) is 18.2 Å². The quantitative estimate of drug-likeness (QED) is 0.522. The molecule has 0 unspecified atom stereocenters. The molecule has 8 heteroatoms. The summed E-state index contributed by atoms with van der Waals surface area (Å²) in [6.07, 6.45) is 0. The number of hydrogen-bond acceptors (Lipinski definition) is 6. The molecule has 146 valence electrons. The van der Waals surface area contributed by atoms with Crippen molar-refractivity contribution < 1.29 is 14.3 Å². The molecule has 0 fully saturated rings. The van der Waals surface area contributed by atoms with E-state index in [1.165, 1.54) is 0 Å². The Hall–Kier alpha value is -3.94. The molecular formula is C21H19N5O3. The zero-order chi connectivity index (χ0) is 20.1. The molecule has 1 amide bonds. The summed E-state index contributed by atoms with van der Waals surface area (Å²) in [5, 5.41) is 15.6. The van der Waals surface area contributed by atoms with E-state index in [0.717, 1.165) is 17.0 Å². The van der Waals surface area contributed by atoms with Gasteiger partial charge in [0.15, 0.2) is 18.1 Å². The zero-order valence-electron chi connectivity index (χ0n) is 15.8. The molecule has 0 bridgehead atoms. The molecule has 8 nitrogen and oxygen atoms in total. The fourth-order valence-corrected chi connectivity index (χ4v) is 2.75. The molecule has 0 radical (unpaired) electrons. The predicted molar refractivity (Wildman–Crippen MR) is 107 cm³/mol. The molecule has 2 aromatic heterocycles. The molecule has 0 atom stereocenters. The third-order valence-corrected chi connectivity index (χ3v) is 4.27. The number of amides is 1. The van der Waals surface area contributed by atoms with E-state index in [4.69, 9.17) is 9.47 Å². The highest BCUT2D eigenvalue weighted by Gasteiger charge is 2.11. The van der Waals surface area contributed by atoms with Crippen molar-refractivity contribution in [1.82, 2.24) is 25.1 Å². The van der Waals surface area contributed by atoms with Gasteiger partial charge in [0.25, 0.3) is 5.91 Å². The van der Waals surface area contributed by atoms with Gasteiger partial charge in [0.05, 0.1) is 19.3 Å². The first-order valence-electron chi connectivity index (χ1n) is 9.03. The number of carbonyl (C=O) groups is 1. The number of nitrogens with one attached hydrogen (secondary N) is 1. The summed E-state index contributed by atoms with van der Waals surface area (Å²) in [6.45, 7) is 0.114. The van der Waals surface area contributed by atoms with Crippen molar-refractivity contribution in [3.05, 3.63) is 72.6 Å². The van der Waals surface area contributed by atoms with Crippen molar-refractivity contribution in [2.24, 2.45) is 0 Å². The minimum Gasteiger partial charge on any atom is -0.497 e. The minimum atomic E-state index is -0.253. The smallest absolute Gasteiger partial charge is 0.258 e. The van der Waals surface area contributed by atoms with E-state index in [1.54, 1.807) is 23.8 Å². The highest BCUT2D eigenvalue weighted by Crippen LogP contribution is 2.20.